The molecule has 0 heterocycles. The lowest BCUT2D eigenvalue weighted by Gasteiger charge is -2.26. The Morgan fingerprint density at radius 3 is 2.12 bits per heavy atom. The van der Waals surface area contributed by atoms with Crippen molar-refractivity contribution in [2.45, 2.75) is 52.5 Å². The molecular weight excluding hydrogens is 426 g/mol. The Labute approximate surface area is 193 Å². The fourth-order valence-electron chi connectivity index (χ4n) is 2.53. The molecule has 0 saturated carbocycles. The quantitative estimate of drug-likeness (QED) is 0.577. The van der Waals surface area contributed by atoms with E-state index >= 15 is 0 Å². The van der Waals surface area contributed by atoms with Gasteiger partial charge in [0, 0.05) is 7.05 Å². The normalized spacial score (nSPS) is 12.3. The molecule has 33 heavy (non-hydrogen) atoms. The lowest BCUT2D eigenvalue weighted by Crippen LogP contribution is -2.42. The molecule has 0 aliphatic carbocycles. The van der Waals surface area contributed by atoms with Crippen molar-refractivity contribution < 1.29 is 29.0 Å². The summed E-state index contributed by atoms with van der Waals surface area (Å²) in [4.78, 5) is 36.4. The van der Waals surface area contributed by atoms with Crippen molar-refractivity contribution in [3.05, 3.63) is 65.2 Å². The number of carboxylic acids is 1. The van der Waals surface area contributed by atoms with Crippen molar-refractivity contribution in [1.82, 2.24) is 4.90 Å². The van der Waals surface area contributed by atoms with Crippen LogP contribution in [0.4, 0.5) is 4.79 Å². The first-order chi connectivity index (χ1) is 15.5. The fourth-order valence-corrected chi connectivity index (χ4v) is 2.53. The number of likely N-dealkylation sites (N-methyl/N-ethyl adjacent to an activating group) is 1. The van der Waals surface area contributed by atoms with Gasteiger partial charge in [-0.25, -0.2) is 9.59 Å². The molecule has 2 aromatic rings. The summed E-state index contributed by atoms with van der Waals surface area (Å²) in [5, 5.41) is 16.6. The van der Waals surface area contributed by atoms with E-state index in [0.29, 0.717) is 12.4 Å². The maximum atomic E-state index is 12.2. The molecule has 0 aliphatic rings. The third-order valence-electron chi connectivity index (χ3n) is 4.57. The third kappa shape index (κ3) is 8.36. The molecule has 1 atom stereocenters. The van der Waals surface area contributed by atoms with Crippen molar-refractivity contribution >= 4 is 18.0 Å². The summed E-state index contributed by atoms with van der Waals surface area (Å²) in [6, 6.07) is 12.8. The average Bonchev–Trinajstić information content (AvgIpc) is 2.76. The summed E-state index contributed by atoms with van der Waals surface area (Å²) in [5.74, 6) is -0.875. The van der Waals surface area contributed by atoms with E-state index in [-0.39, 0.29) is 12.1 Å². The molecule has 2 aromatic carbocycles. The van der Waals surface area contributed by atoms with E-state index in [1.165, 1.54) is 24.1 Å². The Morgan fingerprint density at radius 1 is 1.00 bits per heavy atom. The molecule has 0 spiro atoms. The number of carbonyl (C=O) groups excluding carboxylic acids is 2. The van der Waals surface area contributed by atoms with Crippen LogP contribution in [0.1, 0.15) is 49.2 Å². The van der Waals surface area contributed by atoms with Crippen LogP contribution in [0, 0.1) is 0 Å². The molecule has 9 nitrogen and oxygen atoms in total. The van der Waals surface area contributed by atoms with E-state index in [9.17, 15) is 14.4 Å². The second kappa shape index (κ2) is 11.2. The van der Waals surface area contributed by atoms with Crippen LogP contribution in [0.15, 0.2) is 58.8 Å². The minimum atomic E-state index is -0.971. The van der Waals surface area contributed by atoms with Crippen molar-refractivity contribution in [2.24, 2.45) is 10.2 Å². The zero-order valence-corrected chi connectivity index (χ0v) is 19.4. The van der Waals surface area contributed by atoms with Crippen molar-refractivity contribution in [3.8, 4) is 5.75 Å². The fraction of sp³-hybridized carbons (Fsp3) is 0.375. The molecule has 0 aliphatic heterocycles. The largest absolute Gasteiger partial charge is 0.489 e. The topological polar surface area (TPSA) is 118 Å². The van der Waals surface area contributed by atoms with Gasteiger partial charge in [-0.15, -0.1) is 5.11 Å². The van der Waals surface area contributed by atoms with Gasteiger partial charge in [0.25, 0.3) is 5.91 Å². The standard InChI is InChI=1S/C24H29N3O6/c1-16(27(5)23(31)33-24(2,3)4)21(28)26-25-14-17-8-12-20(13-9-17)32-15-18-6-10-19(11-7-18)22(29)30/h6-13,16H,14-15H2,1-5H3,(H,29,30)/b26-25+. The molecule has 9 heteroatoms. The highest BCUT2D eigenvalue weighted by molar-refractivity contribution is 5.87. The van der Waals surface area contributed by atoms with Gasteiger partial charge in [-0.05, 0) is 63.1 Å². The molecule has 0 aromatic heterocycles. The summed E-state index contributed by atoms with van der Waals surface area (Å²) in [7, 11) is 1.48. The number of aromatic carboxylic acids is 1. The minimum Gasteiger partial charge on any atom is -0.489 e. The summed E-state index contributed by atoms with van der Waals surface area (Å²) in [6.07, 6.45) is -0.605. The van der Waals surface area contributed by atoms with Gasteiger partial charge < -0.3 is 14.6 Å². The molecule has 176 valence electrons. The van der Waals surface area contributed by atoms with Crippen LogP contribution >= 0.6 is 0 Å². The first-order valence-electron chi connectivity index (χ1n) is 10.4. The van der Waals surface area contributed by atoms with Gasteiger partial charge in [0.15, 0.2) is 0 Å². The van der Waals surface area contributed by atoms with Crippen LogP contribution in [0.5, 0.6) is 5.75 Å². The van der Waals surface area contributed by atoms with Crippen molar-refractivity contribution in [1.29, 1.82) is 0 Å². The monoisotopic (exact) mass is 455 g/mol. The molecule has 2 rings (SSSR count). The van der Waals surface area contributed by atoms with E-state index in [2.05, 4.69) is 10.2 Å². The molecule has 1 unspecified atom stereocenters. The number of rotatable bonds is 8. The summed E-state index contributed by atoms with van der Waals surface area (Å²) in [6.45, 7) is 7.31. The first kappa shape index (κ1) is 25.5. The predicted molar refractivity (Wildman–Crippen MR) is 121 cm³/mol. The van der Waals surface area contributed by atoms with Gasteiger partial charge in [0.05, 0.1) is 12.1 Å². The maximum Gasteiger partial charge on any atom is 0.410 e. The Bertz CT molecular complexity index is 994. The predicted octanol–water partition coefficient (Wildman–Crippen LogP) is 4.70. The van der Waals surface area contributed by atoms with E-state index in [0.717, 1.165) is 11.1 Å². The zero-order chi connectivity index (χ0) is 24.6. The molecule has 0 bridgehead atoms. The molecule has 0 fully saturated rings. The number of nitrogens with zero attached hydrogens (tertiary/aromatic N) is 3. The Hall–Kier alpha value is -3.75. The number of ether oxygens (including phenoxy) is 2. The molecule has 2 amide bonds. The van der Waals surface area contributed by atoms with Gasteiger partial charge in [-0.2, -0.15) is 5.11 Å². The number of amides is 2. The minimum absolute atomic E-state index is 0.200. The number of azo groups is 1. The SMILES string of the molecule is CC(C(=O)/N=N/Cc1ccc(OCc2ccc(C(=O)O)cc2)cc1)N(C)C(=O)OC(C)(C)C. The summed E-state index contributed by atoms with van der Waals surface area (Å²) < 4.78 is 10.9. The van der Waals surface area contributed by atoms with Gasteiger partial charge >= 0.3 is 12.1 Å². The van der Waals surface area contributed by atoms with E-state index in [4.69, 9.17) is 14.6 Å². The number of hydrogen-bond acceptors (Lipinski definition) is 6. The van der Waals surface area contributed by atoms with Crippen LogP contribution < -0.4 is 4.74 Å². The Morgan fingerprint density at radius 2 is 1.58 bits per heavy atom. The average molecular weight is 456 g/mol. The second-order valence-electron chi connectivity index (χ2n) is 8.44. The maximum absolute atomic E-state index is 12.2. The number of carbonyl (C=O) groups is 3. The zero-order valence-electron chi connectivity index (χ0n) is 19.4. The Kier molecular flexibility index (Phi) is 8.67. The van der Waals surface area contributed by atoms with Gasteiger partial charge in [0.2, 0.25) is 0 Å². The van der Waals surface area contributed by atoms with Gasteiger partial charge in [-0.3, -0.25) is 9.69 Å². The lowest BCUT2D eigenvalue weighted by molar-refractivity contribution is -0.122. The Balaban J connectivity index is 1.83. The highest BCUT2D eigenvalue weighted by atomic mass is 16.6. The van der Waals surface area contributed by atoms with E-state index in [1.807, 2.05) is 12.1 Å². The molecule has 1 N–H and O–H groups in total. The van der Waals surface area contributed by atoms with Crippen LogP contribution in [-0.4, -0.2) is 46.7 Å². The van der Waals surface area contributed by atoms with Crippen molar-refractivity contribution in [3.63, 3.8) is 0 Å². The number of carboxylic acid groups (broad SMARTS) is 1. The molecule has 0 radical (unpaired) electrons. The van der Waals surface area contributed by atoms with Crippen molar-refractivity contribution in [2.75, 3.05) is 7.05 Å². The number of hydrogen-bond donors (Lipinski definition) is 1. The van der Waals surface area contributed by atoms with Gasteiger partial charge in [-0.1, -0.05) is 24.3 Å². The highest BCUT2D eigenvalue weighted by Gasteiger charge is 2.26. The lowest BCUT2D eigenvalue weighted by atomic mass is 10.1. The van der Waals surface area contributed by atoms with E-state index in [1.54, 1.807) is 52.0 Å². The van der Waals surface area contributed by atoms with Crippen LogP contribution in [0.25, 0.3) is 0 Å². The first-order valence-corrected chi connectivity index (χ1v) is 10.4. The van der Waals surface area contributed by atoms with Gasteiger partial charge in [0.1, 0.15) is 24.0 Å². The highest BCUT2D eigenvalue weighted by Crippen LogP contribution is 2.16. The smallest absolute Gasteiger partial charge is 0.410 e. The summed E-state index contributed by atoms with van der Waals surface area (Å²) in [5.41, 5.74) is 1.25. The third-order valence-corrected chi connectivity index (χ3v) is 4.57. The second-order valence-corrected chi connectivity index (χ2v) is 8.44. The van der Waals surface area contributed by atoms with Crippen LogP contribution in [-0.2, 0) is 22.7 Å². The van der Waals surface area contributed by atoms with E-state index < -0.39 is 29.6 Å². The summed E-state index contributed by atoms with van der Waals surface area (Å²) >= 11 is 0. The van der Waals surface area contributed by atoms with Crippen LogP contribution in [0.2, 0.25) is 0 Å². The molecular formula is C24H29N3O6. The number of benzene rings is 2. The van der Waals surface area contributed by atoms with Crippen LogP contribution in [0.3, 0.4) is 0 Å². The molecule has 0 saturated heterocycles.